The van der Waals surface area contributed by atoms with Crippen LogP contribution in [0, 0.1) is 5.92 Å². The van der Waals surface area contributed by atoms with E-state index in [0.717, 1.165) is 13.0 Å². The van der Waals surface area contributed by atoms with Gasteiger partial charge in [0.05, 0.1) is 5.92 Å². The number of rotatable bonds is 3. The summed E-state index contributed by atoms with van der Waals surface area (Å²) in [4.78, 5) is 13.6. The smallest absolute Gasteiger partial charge is 0.308 e. The first-order valence-corrected chi connectivity index (χ1v) is 7.81. The van der Waals surface area contributed by atoms with Crippen molar-refractivity contribution in [3.63, 3.8) is 0 Å². The largest absolute Gasteiger partial charge is 0.481 e. The molecule has 3 unspecified atom stereocenters. The molecule has 1 aliphatic rings. The molecule has 0 radical (unpaired) electrons. The van der Waals surface area contributed by atoms with Crippen LogP contribution < -0.4 is 0 Å². The minimum atomic E-state index is -0.666. The maximum atomic E-state index is 11.2. The molecule has 3 nitrogen and oxygen atoms in total. The normalized spacial score (nSPS) is 25.0. The van der Waals surface area contributed by atoms with Gasteiger partial charge in [0, 0.05) is 12.1 Å². The zero-order chi connectivity index (χ0) is 15.8. The van der Waals surface area contributed by atoms with Gasteiger partial charge in [-0.05, 0) is 43.4 Å². The Labute approximate surface area is 128 Å². The zero-order valence-corrected chi connectivity index (χ0v) is 13.8. The molecule has 1 aliphatic heterocycles. The molecule has 1 fully saturated rings. The minimum absolute atomic E-state index is 0.0970. The Hall–Kier alpha value is -1.35. The number of hydrogen-bond acceptors (Lipinski definition) is 2. The molecular weight excluding hydrogens is 262 g/mol. The lowest BCUT2D eigenvalue weighted by Crippen LogP contribution is -2.34. The molecule has 1 saturated heterocycles. The SMILES string of the molecule is CC(c1ccc(C(C)(C)C)cc1)N1CCC(C(=O)O)C1C. The monoisotopic (exact) mass is 289 g/mol. The first-order chi connectivity index (χ1) is 9.71. The second-order valence-corrected chi connectivity index (χ2v) is 7.26. The van der Waals surface area contributed by atoms with E-state index >= 15 is 0 Å². The third-order valence-electron chi connectivity index (χ3n) is 4.88. The second kappa shape index (κ2) is 5.80. The summed E-state index contributed by atoms with van der Waals surface area (Å²) in [6, 6.07) is 9.12. The van der Waals surface area contributed by atoms with Gasteiger partial charge in [-0.3, -0.25) is 9.69 Å². The van der Waals surface area contributed by atoms with Crippen molar-refractivity contribution in [1.82, 2.24) is 4.90 Å². The predicted octanol–water partition coefficient (Wildman–Crippen LogP) is 3.84. The molecule has 1 N–H and O–H groups in total. The summed E-state index contributed by atoms with van der Waals surface area (Å²) < 4.78 is 0. The van der Waals surface area contributed by atoms with Crippen LogP contribution in [0.3, 0.4) is 0 Å². The Bertz CT molecular complexity index is 501. The summed E-state index contributed by atoms with van der Waals surface area (Å²) in [5.74, 6) is -0.901. The van der Waals surface area contributed by atoms with Crippen molar-refractivity contribution < 1.29 is 9.90 Å². The van der Waals surface area contributed by atoms with Gasteiger partial charge in [0.2, 0.25) is 0 Å². The minimum Gasteiger partial charge on any atom is -0.481 e. The Balaban J connectivity index is 2.14. The number of carbonyl (C=O) groups is 1. The van der Waals surface area contributed by atoms with Crippen LogP contribution in [-0.2, 0) is 10.2 Å². The molecule has 2 rings (SSSR count). The number of hydrogen-bond donors (Lipinski definition) is 1. The van der Waals surface area contributed by atoms with Crippen LogP contribution >= 0.6 is 0 Å². The van der Waals surface area contributed by atoms with Crippen molar-refractivity contribution in [2.75, 3.05) is 6.54 Å². The van der Waals surface area contributed by atoms with Gasteiger partial charge in [0.1, 0.15) is 0 Å². The van der Waals surface area contributed by atoms with Crippen LogP contribution in [-0.4, -0.2) is 28.6 Å². The number of benzene rings is 1. The first-order valence-electron chi connectivity index (χ1n) is 7.81. The van der Waals surface area contributed by atoms with Crippen molar-refractivity contribution >= 4 is 5.97 Å². The van der Waals surface area contributed by atoms with Crippen molar-refractivity contribution in [1.29, 1.82) is 0 Å². The van der Waals surface area contributed by atoms with Crippen LogP contribution in [0.25, 0.3) is 0 Å². The molecule has 0 aliphatic carbocycles. The van der Waals surface area contributed by atoms with Gasteiger partial charge in [-0.25, -0.2) is 0 Å². The van der Waals surface area contributed by atoms with Gasteiger partial charge in [-0.2, -0.15) is 0 Å². The fourth-order valence-electron chi connectivity index (χ4n) is 3.29. The third kappa shape index (κ3) is 3.29. The molecule has 21 heavy (non-hydrogen) atoms. The highest BCUT2D eigenvalue weighted by Crippen LogP contribution is 2.33. The highest BCUT2D eigenvalue weighted by atomic mass is 16.4. The molecule has 0 bridgehead atoms. The summed E-state index contributed by atoms with van der Waals surface area (Å²) >= 11 is 0. The fraction of sp³-hybridized carbons (Fsp3) is 0.611. The van der Waals surface area contributed by atoms with Crippen LogP contribution in [0.5, 0.6) is 0 Å². The average molecular weight is 289 g/mol. The van der Waals surface area contributed by atoms with E-state index in [4.69, 9.17) is 0 Å². The van der Waals surface area contributed by atoms with E-state index in [1.165, 1.54) is 11.1 Å². The van der Waals surface area contributed by atoms with E-state index in [-0.39, 0.29) is 23.4 Å². The molecule has 3 heteroatoms. The quantitative estimate of drug-likeness (QED) is 0.919. The van der Waals surface area contributed by atoms with E-state index < -0.39 is 5.97 Å². The van der Waals surface area contributed by atoms with Gasteiger partial charge in [-0.1, -0.05) is 45.0 Å². The molecule has 0 amide bonds. The highest BCUT2D eigenvalue weighted by molar-refractivity contribution is 5.71. The van der Waals surface area contributed by atoms with Crippen molar-refractivity contribution in [2.24, 2.45) is 5.92 Å². The van der Waals surface area contributed by atoms with Crippen molar-refractivity contribution in [3.05, 3.63) is 35.4 Å². The highest BCUT2D eigenvalue weighted by Gasteiger charge is 2.37. The van der Waals surface area contributed by atoms with Gasteiger partial charge < -0.3 is 5.11 Å². The summed E-state index contributed by atoms with van der Waals surface area (Å²) in [7, 11) is 0. The van der Waals surface area contributed by atoms with Gasteiger partial charge in [-0.15, -0.1) is 0 Å². The van der Waals surface area contributed by atoms with E-state index in [1.54, 1.807) is 0 Å². The van der Waals surface area contributed by atoms with E-state index in [1.807, 2.05) is 6.92 Å². The summed E-state index contributed by atoms with van der Waals surface area (Å²) in [5.41, 5.74) is 2.76. The fourth-order valence-corrected chi connectivity index (χ4v) is 3.29. The standard InChI is InChI=1S/C18H27NO2/c1-12(19-11-10-16(13(19)2)17(20)21)14-6-8-15(9-7-14)18(3,4)5/h6-9,12-13,16H,10-11H2,1-5H3,(H,20,21). The Kier molecular flexibility index (Phi) is 4.43. The average Bonchev–Trinajstić information content (AvgIpc) is 2.79. The van der Waals surface area contributed by atoms with Gasteiger partial charge >= 0.3 is 5.97 Å². The molecule has 0 saturated carbocycles. The zero-order valence-electron chi connectivity index (χ0n) is 13.8. The third-order valence-corrected chi connectivity index (χ3v) is 4.88. The molecule has 1 heterocycles. The number of aliphatic carboxylic acids is 1. The van der Waals surface area contributed by atoms with E-state index in [0.29, 0.717) is 0 Å². The predicted molar refractivity (Wildman–Crippen MR) is 85.5 cm³/mol. The Morgan fingerprint density at radius 1 is 1.29 bits per heavy atom. The number of carboxylic acids is 1. The van der Waals surface area contributed by atoms with E-state index in [9.17, 15) is 9.90 Å². The second-order valence-electron chi connectivity index (χ2n) is 7.26. The van der Waals surface area contributed by atoms with Gasteiger partial charge in [0.15, 0.2) is 0 Å². The lowest BCUT2D eigenvalue weighted by molar-refractivity contribution is -0.142. The molecule has 1 aromatic rings. The summed E-state index contributed by atoms with van der Waals surface area (Å²) in [6.45, 7) is 11.7. The molecule has 3 atom stereocenters. The van der Waals surface area contributed by atoms with Crippen LogP contribution in [0.4, 0.5) is 0 Å². The molecule has 0 aromatic heterocycles. The molecule has 116 valence electrons. The van der Waals surface area contributed by atoms with Crippen LogP contribution in [0.2, 0.25) is 0 Å². The maximum Gasteiger partial charge on any atom is 0.308 e. The van der Waals surface area contributed by atoms with E-state index in [2.05, 4.69) is 56.9 Å². The molecule has 1 aromatic carbocycles. The van der Waals surface area contributed by atoms with Gasteiger partial charge in [0.25, 0.3) is 0 Å². The van der Waals surface area contributed by atoms with Crippen molar-refractivity contribution in [3.8, 4) is 0 Å². The molecular formula is C18H27NO2. The number of nitrogens with zero attached hydrogens (tertiary/aromatic N) is 1. The van der Waals surface area contributed by atoms with Crippen LogP contribution in [0.1, 0.15) is 58.2 Å². The Morgan fingerprint density at radius 2 is 1.86 bits per heavy atom. The lowest BCUT2D eigenvalue weighted by atomic mass is 9.86. The summed E-state index contributed by atoms with van der Waals surface area (Å²) in [6.07, 6.45) is 0.751. The molecule has 0 spiro atoms. The number of likely N-dealkylation sites (tertiary alicyclic amines) is 1. The summed E-state index contributed by atoms with van der Waals surface area (Å²) in [5, 5.41) is 9.25. The van der Waals surface area contributed by atoms with Crippen LogP contribution in [0.15, 0.2) is 24.3 Å². The topological polar surface area (TPSA) is 40.5 Å². The Morgan fingerprint density at radius 3 is 2.29 bits per heavy atom. The van der Waals surface area contributed by atoms with Crippen molar-refractivity contribution in [2.45, 2.75) is 58.5 Å². The maximum absolute atomic E-state index is 11.2. The number of carboxylic acid groups (broad SMARTS) is 1. The first kappa shape index (κ1) is 16.0. The lowest BCUT2D eigenvalue weighted by Gasteiger charge is -2.30.